The first-order valence-electron chi connectivity index (χ1n) is 5.97. The summed E-state index contributed by atoms with van der Waals surface area (Å²) in [6.45, 7) is 4.46. The quantitative estimate of drug-likeness (QED) is 0.747. The molecular formula is C14H19ClO2. The van der Waals surface area contributed by atoms with Crippen molar-refractivity contribution in [3.63, 3.8) is 0 Å². The Bertz CT molecular complexity index is 417. The molecule has 3 heteroatoms. The second-order valence-corrected chi connectivity index (χ2v) is 5.32. The number of hydrogen-bond donors (Lipinski definition) is 0. The van der Waals surface area contributed by atoms with Gasteiger partial charge in [-0.3, -0.25) is 0 Å². The lowest BCUT2D eigenvalue weighted by Crippen LogP contribution is -2.23. The van der Waals surface area contributed by atoms with Crippen LogP contribution in [0.25, 0.3) is 0 Å². The SMILES string of the molecule is COc1cc2c(cc1OC)C(Cl)C(C)C(C)C2. The van der Waals surface area contributed by atoms with Crippen molar-refractivity contribution in [3.8, 4) is 11.5 Å². The third kappa shape index (κ3) is 2.11. The van der Waals surface area contributed by atoms with Gasteiger partial charge in [0.05, 0.1) is 19.6 Å². The highest BCUT2D eigenvalue weighted by molar-refractivity contribution is 6.21. The number of halogens is 1. The molecule has 94 valence electrons. The van der Waals surface area contributed by atoms with E-state index in [4.69, 9.17) is 21.1 Å². The number of rotatable bonds is 2. The fourth-order valence-corrected chi connectivity index (χ4v) is 2.93. The van der Waals surface area contributed by atoms with E-state index >= 15 is 0 Å². The van der Waals surface area contributed by atoms with Crippen molar-refractivity contribution in [1.82, 2.24) is 0 Å². The molecule has 0 heterocycles. The number of fused-ring (bicyclic) bond motifs is 1. The molecule has 0 saturated carbocycles. The van der Waals surface area contributed by atoms with E-state index in [1.807, 2.05) is 6.07 Å². The van der Waals surface area contributed by atoms with Gasteiger partial charge >= 0.3 is 0 Å². The highest BCUT2D eigenvalue weighted by Gasteiger charge is 2.31. The molecule has 1 aromatic rings. The maximum Gasteiger partial charge on any atom is 0.161 e. The van der Waals surface area contributed by atoms with Gasteiger partial charge in [-0.1, -0.05) is 13.8 Å². The van der Waals surface area contributed by atoms with Crippen molar-refractivity contribution in [2.24, 2.45) is 11.8 Å². The molecular weight excluding hydrogens is 236 g/mol. The van der Waals surface area contributed by atoms with Gasteiger partial charge in [0.15, 0.2) is 11.5 Å². The van der Waals surface area contributed by atoms with Crippen LogP contribution in [0.3, 0.4) is 0 Å². The molecule has 17 heavy (non-hydrogen) atoms. The standard InChI is InChI=1S/C14H19ClO2/c1-8-5-10-6-12(16-3)13(17-4)7-11(10)14(15)9(8)2/h6-9,14H,5H2,1-4H3. The summed E-state index contributed by atoms with van der Waals surface area (Å²) in [7, 11) is 3.32. The summed E-state index contributed by atoms with van der Waals surface area (Å²) in [6, 6.07) is 4.08. The molecule has 1 aromatic carbocycles. The minimum absolute atomic E-state index is 0.0635. The molecule has 3 unspecified atom stereocenters. The average Bonchev–Trinajstić information content (AvgIpc) is 2.34. The Balaban J connectivity index is 2.50. The molecule has 0 radical (unpaired) electrons. The average molecular weight is 255 g/mol. The van der Waals surface area contributed by atoms with Crippen LogP contribution in [-0.4, -0.2) is 14.2 Å². The predicted molar refractivity (Wildman–Crippen MR) is 70.2 cm³/mol. The van der Waals surface area contributed by atoms with Gasteiger partial charge in [0, 0.05) is 0 Å². The highest BCUT2D eigenvalue weighted by atomic mass is 35.5. The van der Waals surface area contributed by atoms with Crippen molar-refractivity contribution in [1.29, 1.82) is 0 Å². The van der Waals surface area contributed by atoms with Gasteiger partial charge in [0.25, 0.3) is 0 Å². The van der Waals surface area contributed by atoms with Crippen LogP contribution in [0.15, 0.2) is 12.1 Å². The summed E-state index contributed by atoms with van der Waals surface area (Å²) in [5.41, 5.74) is 2.48. The maximum atomic E-state index is 6.52. The van der Waals surface area contributed by atoms with Gasteiger partial charge in [-0.25, -0.2) is 0 Å². The monoisotopic (exact) mass is 254 g/mol. The first kappa shape index (κ1) is 12.6. The van der Waals surface area contributed by atoms with Crippen LogP contribution in [-0.2, 0) is 6.42 Å². The lowest BCUT2D eigenvalue weighted by Gasteiger charge is -2.33. The topological polar surface area (TPSA) is 18.5 Å². The van der Waals surface area contributed by atoms with E-state index < -0.39 is 0 Å². The molecule has 2 nitrogen and oxygen atoms in total. The van der Waals surface area contributed by atoms with Crippen molar-refractivity contribution < 1.29 is 9.47 Å². The number of methoxy groups -OCH3 is 2. The zero-order valence-electron chi connectivity index (χ0n) is 10.8. The van der Waals surface area contributed by atoms with E-state index in [0.29, 0.717) is 11.8 Å². The van der Waals surface area contributed by atoms with Crippen molar-refractivity contribution >= 4 is 11.6 Å². The van der Waals surface area contributed by atoms with Gasteiger partial charge in [0.1, 0.15) is 0 Å². The molecule has 0 aromatic heterocycles. The van der Waals surface area contributed by atoms with Crippen molar-refractivity contribution in [3.05, 3.63) is 23.3 Å². The van der Waals surface area contributed by atoms with E-state index in [2.05, 4.69) is 19.9 Å². The van der Waals surface area contributed by atoms with Gasteiger partial charge in [-0.2, -0.15) is 0 Å². The molecule has 0 aliphatic heterocycles. The Morgan fingerprint density at radius 1 is 1.12 bits per heavy atom. The summed E-state index contributed by atoms with van der Waals surface area (Å²) in [5, 5.41) is 0.0635. The number of alkyl halides is 1. The van der Waals surface area contributed by atoms with Crippen LogP contribution in [0.5, 0.6) is 11.5 Å². The van der Waals surface area contributed by atoms with Gasteiger partial charge in [-0.05, 0) is 41.5 Å². The predicted octanol–water partition coefficient (Wildman–Crippen LogP) is 3.81. The first-order valence-corrected chi connectivity index (χ1v) is 6.41. The fourth-order valence-electron chi connectivity index (χ4n) is 2.47. The Morgan fingerprint density at radius 2 is 1.71 bits per heavy atom. The van der Waals surface area contributed by atoms with Crippen LogP contribution in [0.2, 0.25) is 0 Å². The smallest absolute Gasteiger partial charge is 0.161 e. The molecule has 0 spiro atoms. The Kier molecular flexibility index (Phi) is 3.53. The van der Waals surface area contributed by atoms with Crippen molar-refractivity contribution in [2.45, 2.75) is 25.6 Å². The Morgan fingerprint density at radius 3 is 2.29 bits per heavy atom. The van der Waals surface area contributed by atoms with Crippen LogP contribution in [0, 0.1) is 11.8 Å². The normalized spacial score (nSPS) is 27.5. The van der Waals surface area contributed by atoms with E-state index in [0.717, 1.165) is 17.9 Å². The zero-order chi connectivity index (χ0) is 12.6. The second kappa shape index (κ2) is 4.77. The van der Waals surface area contributed by atoms with E-state index in [1.165, 1.54) is 11.1 Å². The zero-order valence-corrected chi connectivity index (χ0v) is 11.5. The van der Waals surface area contributed by atoms with E-state index in [1.54, 1.807) is 14.2 Å². The first-order chi connectivity index (χ1) is 8.08. The third-order valence-corrected chi connectivity index (χ3v) is 4.48. The van der Waals surface area contributed by atoms with Gasteiger partial charge in [0.2, 0.25) is 0 Å². The largest absolute Gasteiger partial charge is 0.493 e. The summed E-state index contributed by atoms with van der Waals surface area (Å²) in [5.74, 6) is 2.64. The third-order valence-electron chi connectivity index (χ3n) is 3.84. The number of hydrogen-bond acceptors (Lipinski definition) is 2. The molecule has 0 amide bonds. The minimum Gasteiger partial charge on any atom is -0.493 e. The molecule has 0 fully saturated rings. The summed E-state index contributed by atoms with van der Waals surface area (Å²) in [4.78, 5) is 0. The van der Waals surface area contributed by atoms with E-state index in [9.17, 15) is 0 Å². The van der Waals surface area contributed by atoms with Crippen molar-refractivity contribution in [2.75, 3.05) is 14.2 Å². The Hall–Kier alpha value is -0.890. The van der Waals surface area contributed by atoms with E-state index in [-0.39, 0.29) is 5.38 Å². The molecule has 1 aliphatic carbocycles. The summed E-state index contributed by atoms with van der Waals surface area (Å²) < 4.78 is 10.7. The summed E-state index contributed by atoms with van der Waals surface area (Å²) in [6.07, 6.45) is 1.06. The molecule has 2 rings (SSSR count). The van der Waals surface area contributed by atoms with Gasteiger partial charge < -0.3 is 9.47 Å². The molecule has 0 bridgehead atoms. The number of ether oxygens (including phenoxy) is 2. The van der Waals surface area contributed by atoms with Crippen LogP contribution in [0.4, 0.5) is 0 Å². The van der Waals surface area contributed by atoms with Crippen LogP contribution in [0.1, 0.15) is 30.4 Å². The Labute approximate surface area is 108 Å². The lowest BCUT2D eigenvalue weighted by molar-refractivity contribution is 0.336. The summed E-state index contributed by atoms with van der Waals surface area (Å²) >= 11 is 6.52. The lowest BCUT2D eigenvalue weighted by atomic mass is 9.77. The molecule has 0 N–H and O–H groups in total. The molecule has 0 saturated heterocycles. The molecule has 3 atom stereocenters. The highest BCUT2D eigenvalue weighted by Crippen LogP contribution is 2.45. The number of benzene rings is 1. The maximum absolute atomic E-state index is 6.52. The van der Waals surface area contributed by atoms with Gasteiger partial charge in [-0.15, -0.1) is 11.6 Å². The fraction of sp³-hybridized carbons (Fsp3) is 0.571. The molecule has 1 aliphatic rings. The minimum atomic E-state index is 0.0635. The van der Waals surface area contributed by atoms with Crippen LogP contribution >= 0.6 is 11.6 Å². The second-order valence-electron chi connectivity index (χ2n) is 4.85. The van der Waals surface area contributed by atoms with Crippen LogP contribution < -0.4 is 9.47 Å².